The highest BCUT2D eigenvalue weighted by molar-refractivity contribution is 6.04. The van der Waals surface area contributed by atoms with Gasteiger partial charge in [0.1, 0.15) is 5.75 Å². The van der Waals surface area contributed by atoms with Gasteiger partial charge >= 0.3 is 5.97 Å². The summed E-state index contributed by atoms with van der Waals surface area (Å²) < 4.78 is 0. The SMILES string of the molecule is CC.CNC(C)C.O=Cc1cccc2cc(C(=O)O)cc(O)c12. The summed E-state index contributed by atoms with van der Waals surface area (Å²) in [6.45, 7) is 8.22. The molecule has 0 aliphatic heterocycles. The molecule has 2 aromatic rings. The fraction of sp³-hybridized carbons (Fsp3) is 0.333. The molecule has 0 amide bonds. The van der Waals surface area contributed by atoms with Crippen LogP contribution in [0, 0.1) is 0 Å². The molecule has 0 spiro atoms. The van der Waals surface area contributed by atoms with Gasteiger partial charge in [-0.1, -0.05) is 45.9 Å². The number of phenolic OH excluding ortho intramolecular Hbond substituents is 1. The number of aromatic hydroxyl groups is 1. The largest absolute Gasteiger partial charge is 0.507 e. The summed E-state index contributed by atoms with van der Waals surface area (Å²) in [7, 11) is 1.95. The van der Waals surface area contributed by atoms with Gasteiger partial charge in [0.25, 0.3) is 0 Å². The zero-order valence-electron chi connectivity index (χ0n) is 14.3. The number of phenols is 1. The van der Waals surface area contributed by atoms with Crippen molar-refractivity contribution in [1.82, 2.24) is 5.32 Å². The highest BCUT2D eigenvalue weighted by Crippen LogP contribution is 2.29. The number of carboxylic acids is 1. The molecule has 2 rings (SSSR count). The van der Waals surface area contributed by atoms with Gasteiger partial charge in [-0.15, -0.1) is 0 Å². The molecule has 3 N–H and O–H groups in total. The van der Waals surface area contributed by atoms with Crippen LogP contribution in [0.5, 0.6) is 5.75 Å². The van der Waals surface area contributed by atoms with E-state index in [0.717, 1.165) is 6.07 Å². The van der Waals surface area contributed by atoms with Gasteiger partial charge in [-0.25, -0.2) is 4.79 Å². The third-order valence-electron chi connectivity index (χ3n) is 2.94. The van der Waals surface area contributed by atoms with Crippen molar-refractivity contribution in [2.24, 2.45) is 0 Å². The Morgan fingerprint density at radius 3 is 2.22 bits per heavy atom. The Balaban J connectivity index is 0.000000594. The Morgan fingerprint density at radius 2 is 1.78 bits per heavy atom. The van der Waals surface area contributed by atoms with Gasteiger partial charge in [0.15, 0.2) is 6.29 Å². The van der Waals surface area contributed by atoms with Crippen molar-refractivity contribution in [3.05, 3.63) is 41.5 Å². The summed E-state index contributed by atoms with van der Waals surface area (Å²) in [5, 5.41) is 22.4. The highest BCUT2D eigenvalue weighted by Gasteiger charge is 2.10. The van der Waals surface area contributed by atoms with Crippen LogP contribution in [-0.2, 0) is 0 Å². The molecule has 5 heteroatoms. The van der Waals surface area contributed by atoms with Gasteiger partial charge < -0.3 is 15.5 Å². The fourth-order valence-electron chi connectivity index (χ4n) is 1.66. The van der Waals surface area contributed by atoms with Crippen molar-refractivity contribution >= 4 is 23.0 Å². The lowest BCUT2D eigenvalue weighted by molar-refractivity contribution is 0.0696. The van der Waals surface area contributed by atoms with Gasteiger partial charge in [0.2, 0.25) is 0 Å². The first-order valence-corrected chi connectivity index (χ1v) is 7.52. The van der Waals surface area contributed by atoms with Crippen molar-refractivity contribution in [3.8, 4) is 5.75 Å². The lowest BCUT2D eigenvalue weighted by Gasteiger charge is -2.05. The second-order valence-corrected chi connectivity index (χ2v) is 4.81. The van der Waals surface area contributed by atoms with Crippen LogP contribution in [0.2, 0.25) is 0 Å². The first-order chi connectivity index (χ1) is 10.9. The van der Waals surface area contributed by atoms with Crippen LogP contribution in [-0.4, -0.2) is 35.6 Å². The lowest BCUT2D eigenvalue weighted by atomic mass is 10.0. The van der Waals surface area contributed by atoms with Crippen LogP contribution in [0.3, 0.4) is 0 Å². The van der Waals surface area contributed by atoms with E-state index in [1.165, 1.54) is 6.07 Å². The summed E-state index contributed by atoms with van der Waals surface area (Å²) in [4.78, 5) is 21.5. The second kappa shape index (κ2) is 10.3. The van der Waals surface area contributed by atoms with Crippen LogP contribution in [0.4, 0.5) is 0 Å². The number of rotatable bonds is 3. The van der Waals surface area contributed by atoms with Crippen molar-refractivity contribution in [1.29, 1.82) is 0 Å². The summed E-state index contributed by atoms with van der Waals surface area (Å²) in [5.74, 6) is -1.31. The van der Waals surface area contributed by atoms with E-state index in [2.05, 4.69) is 19.2 Å². The minimum atomic E-state index is -1.12. The molecular formula is C18H25NO4. The summed E-state index contributed by atoms with van der Waals surface area (Å²) in [6, 6.07) is 8.04. The number of carboxylic acid groups (broad SMARTS) is 1. The number of hydrogen-bond acceptors (Lipinski definition) is 4. The molecule has 0 saturated carbocycles. The van der Waals surface area contributed by atoms with Crippen LogP contribution in [0.25, 0.3) is 10.8 Å². The summed E-state index contributed by atoms with van der Waals surface area (Å²) in [5.41, 5.74) is 0.333. The molecule has 0 aromatic heterocycles. The lowest BCUT2D eigenvalue weighted by Crippen LogP contribution is -2.15. The van der Waals surface area contributed by atoms with Crippen LogP contribution in [0.1, 0.15) is 48.4 Å². The first kappa shape index (κ1) is 20.6. The smallest absolute Gasteiger partial charge is 0.335 e. The predicted molar refractivity (Wildman–Crippen MR) is 93.5 cm³/mol. The van der Waals surface area contributed by atoms with Crippen molar-refractivity contribution in [2.75, 3.05) is 7.05 Å². The number of carbonyl (C=O) groups is 2. The molecule has 0 aliphatic carbocycles. The summed E-state index contributed by atoms with van der Waals surface area (Å²) in [6.07, 6.45) is 0.627. The zero-order chi connectivity index (χ0) is 18.0. The number of hydrogen-bond donors (Lipinski definition) is 3. The maximum atomic E-state index is 10.8. The Kier molecular flexibility index (Phi) is 9.27. The Morgan fingerprint density at radius 1 is 1.22 bits per heavy atom. The molecule has 23 heavy (non-hydrogen) atoms. The number of fused-ring (bicyclic) bond motifs is 1. The minimum absolute atomic E-state index is 0.00644. The second-order valence-electron chi connectivity index (χ2n) is 4.81. The maximum Gasteiger partial charge on any atom is 0.335 e. The van der Waals surface area contributed by atoms with Crippen LogP contribution in [0.15, 0.2) is 30.3 Å². The molecule has 0 aliphatic rings. The quantitative estimate of drug-likeness (QED) is 0.751. The third kappa shape index (κ3) is 6.08. The molecule has 2 aromatic carbocycles. The predicted octanol–water partition coefficient (Wildman–Crippen LogP) is 3.70. The highest BCUT2D eigenvalue weighted by atomic mass is 16.4. The molecular weight excluding hydrogens is 294 g/mol. The maximum absolute atomic E-state index is 10.8. The van der Waals surface area contributed by atoms with E-state index in [1.54, 1.807) is 18.2 Å². The van der Waals surface area contributed by atoms with Gasteiger partial charge in [0, 0.05) is 17.0 Å². The number of benzene rings is 2. The monoisotopic (exact) mass is 319 g/mol. The van der Waals surface area contributed by atoms with E-state index >= 15 is 0 Å². The van der Waals surface area contributed by atoms with E-state index in [1.807, 2.05) is 20.9 Å². The van der Waals surface area contributed by atoms with Crippen molar-refractivity contribution in [3.63, 3.8) is 0 Å². The van der Waals surface area contributed by atoms with Gasteiger partial charge in [-0.3, -0.25) is 4.79 Å². The molecule has 5 nitrogen and oxygen atoms in total. The Hall–Kier alpha value is -2.40. The van der Waals surface area contributed by atoms with Gasteiger partial charge in [-0.05, 0) is 24.6 Å². The topological polar surface area (TPSA) is 86.6 Å². The van der Waals surface area contributed by atoms with Crippen LogP contribution >= 0.6 is 0 Å². The number of carbonyl (C=O) groups excluding carboxylic acids is 1. The fourth-order valence-corrected chi connectivity index (χ4v) is 1.66. The average Bonchev–Trinajstić information content (AvgIpc) is 2.56. The molecule has 0 bridgehead atoms. The van der Waals surface area contributed by atoms with E-state index < -0.39 is 5.97 Å². The first-order valence-electron chi connectivity index (χ1n) is 7.52. The average molecular weight is 319 g/mol. The molecule has 0 fully saturated rings. The minimum Gasteiger partial charge on any atom is -0.507 e. The molecule has 0 radical (unpaired) electrons. The number of nitrogens with one attached hydrogen (secondary N) is 1. The van der Waals surface area contributed by atoms with E-state index in [4.69, 9.17) is 5.11 Å². The number of aldehydes is 1. The van der Waals surface area contributed by atoms with Crippen molar-refractivity contribution in [2.45, 2.75) is 33.7 Å². The van der Waals surface area contributed by atoms with E-state index in [9.17, 15) is 14.7 Å². The van der Waals surface area contributed by atoms with Crippen LogP contribution < -0.4 is 5.32 Å². The third-order valence-corrected chi connectivity index (χ3v) is 2.94. The van der Waals surface area contributed by atoms with Gasteiger partial charge in [0.05, 0.1) is 5.56 Å². The van der Waals surface area contributed by atoms with Gasteiger partial charge in [-0.2, -0.15) is 0 Å². The normalized spacial score (nSPS) is 9.48. The molecule has 126 valence electrons. The van der Waals surface area contributed by atoms with Crippen molar-refractivity contribution < 1.29 is 19.8 Å². The standard InChI is InChI=1S/C12H8O4.C4H11N.C2H6/c13-6-8-3-1-2-7-4-9(12(15)16)5-10(14)11(7)8;1-4(2)5-3;1-2/h1-6,14H,(H,15,16);4-5H,1-3H3;1-2H3. The number of aromatic carboxylic acids is 1. The van der Waals surface area contributed by atoms with E-state index in [0.29, 0.717) is 28.7 Å². The summed E-state index contributed by atoms with van der Waals surface area (Å²) >= 11 is 0. The van der Waals surface area contributed by atoms with E-state index in [-0.39, 0.29) is 11.3 Å². The molecule has 0 unspecified atom stereocenters. The Labute approximate surface area is 137 Å². The molecule has 0 heterocycles. The Bertz CT molecular complexity index is 651. The molecule has 0 saturated heterocycles. The zero-order valence-corrected chi connectivity index (χ0v) is 14.3. The molecule has 0 atom stereocenters.